The second-order valence-corrected chi connectivity index (χ2v) is 6.47. The monoisotopic (exact) mass is 270 g/mol. The lowest BCUT2D eigenvalue weighted by atomic mass is 9.96. The van der Waals surface area contributed by atoms with E-state index in [0.29, 0.717) is 0 Å². The van der Waals surface area contributed by atoms with E-state index in [1.165, 1.54) is 58.2 Å². The Morgan fingerprint density at radius 2 is 2.05 bits per heavy atom. The van der Waals surface area contributed by atoms with Gasteiger partial charge in [0.15, 0.2) is 0 Å². The number of hydrogen-bond acceptors (Lipinski definition) is 3. The molecule has 3 heteroatoms. The van der Waals surface area contributed by atoms with Crippen LogP contribution in [0.25, 0.3) is 0 Å². The lowest BCUT2D eigenvalue weighted by Crippen LogP contribution is -2.43. The van der Waals surface area contributed by atoms with E-state index in [2.05, 4.69) is 24.1 Å². The topological polar surface area (TPSA) is 35.5 Å². The van der Waals surface area contributed by atoms with Crippen LogP contribution in [-0.4, -0.2) is 48.8 Å². The molecule has 1 heterocycles. The number of aliphatic hydroxyl groups excluding tert-OH is 1. The van der Waals surface area contributed by atoms with Gasteiger partial charge in [-0.25, -0.2) is 0 Å². The summed E-state index contributed by atoms with van der Waals surface area (Å²) in [5.41, 5.74) is -0.0912. The fourth-order valence-electron chi connectivity index (χ4n) is 2.99. The summed E-state index contributed by atoms with van der Waals surface area (Å²) in [6, 6.07) is 0. The predicted octanol–water partition coefficient (Wildman–Crippen LogP) is 2.64. The maximum absolute atomic E-state index is 9.35. The molecule has 0 aromatic heterocycles. The van der Waals surface area contributed by atoms with Crippen LogP contribution < -0.4 is 5.32 Å². The summed E-state index contributed by atoms with van der Waals surface area (Å²) in [4.78, 5) is 2.64. The highest BCUT2D eigenvalue weighted by atomic mass is 16.3. The van der Waals surface area contributed by atoms with Crippen LogP contribution in [0, 0.1) is 5.92 Å². The van der Waals surface area contributed by atoms with Gasteiger partial charge in [-0.2, -0.15) is 0 Å². The van der Waals surface area contributed by atoms with Crippen LogP contribution in [0.3, 0.4) is 0 Å². The number of aliphatic hydroxyl groups is 1. The maximum Gasteiger partial charge on any atom is 0.0610 e. The van der Waals surface area contributed by atoms with Crippen molar-refractivity contribution in [3.8, 4) is 0 Å². The number of nitrogens with one attached hydrogen (secondary N) is 1. The summed E-state index contributed by atoms with van der Waals surface area (Å²) < 4.78 is 0. The third-order valence-corrected chi connectivity index (χ3v) is 4.92. The molecule has 0 bridgehead atoms. The van der Waals surface area contributed by atoms with Crippen molar-refractivity contribution >= 4 is 0 Å². The highest BCUT2D eigenvalue weighted by Gasteiger charge is 2.20. The highest BCUT2D eigenvalue weighted by molar-refractivity contribution is 4.80. The molecule has 19 heavy (non-hydrogen) atoms. The van der Waals surface area contributed by atoms with Crippen LogP contribution in [0.1, 0.15) is 58.8 Å². The zero-order chi connectivity index (χ0) is 14.1. The smallest absolute Gasteiger partial charge is 0.0610 e. The molecule has 2 unspecified atom stereocenters. The third kappa shape index (κ3) is 6.24. The van der Waals surface area contributed by atoms with Gasteiger partial charge in [0.05, 0.1) is 6.61 Å². The van der Waals surface area contributed by atoms with Gasteiger partial charge in [0, 0.05) is 5.54 Å². The standard InChI is InChI=1S/C16H34N2O/c1-4-15-8-7-12-18(13-9-15)11-6-5-10-16(2,14-19)17-3/h15,17,19H,4-14H2,1-3H3. The zero-order valence-electron chi connectivity index (χ0n) is 13.2. The molecule has 0 aromatic carbocycles. The van der Waals surface area contributed by atoms with Gasteiger partial charge in [0.1, 0.15) is 0 Å². The van der Waals surface area contributed by atoms with Crippen LogP contribution in [-0.2, 0) is 0 Å². The molecule has 1 rings (SSSR count). The Kier molecular flexibility index (Phi) is 7.96. The van der Waals surface area contributed by atoms with E-state index in [-0.39, 0.29) is 12.1 Å². The van der Waals surface area contributed by atoms with Gasteiger partial charge in [-0.05, 0) is 71.6 Å². The van der Waals surface area contributed by atoms with Crippen molar-refractivity contribution in [3.63, 3.8) is 0 Å². The normalized spacial score (nSPS) is 24.9. The molecule has 0 spiro atoms. The Morgan fingerprint density at radius 3 is 2.68 bits per heavy atom. The van der Waals surface area contributed by atoms with E-state index in [1.54, 1.807) is 0 Å². The van der Waals surface area contributed by atoms with Gasteiger partial charge < -0.3 is 15.3 Å². The van der Waals surface area contributed by atoms with Gasteiger partial charge in [0.2, 0.25) is 0 Å². The molecule has 0 saturated carbocycles. The third-order valence-electron chi connectivity index (χ3n) is 4.92. The average Bonchev–Trinajstić information content (AvgIpc) is 2.68. The van der Waals surface area contributed by atoms with Gasteiger partial charge in [-0.1, -0.05) is 19.8 Å². The van der Waals surface area contributed by atoms with Crippen molar-refractivity contribution in [2.24, 2.45) is 5.92 Å². The second-order valence-electron chi connectivity index (χ2n) is 6.47. The van der Waals surface area contributed by atoms with Gasteiger partial charge in [-0.15, -0.1) is 0 Å². The molecule has 0 radical (unpaired) electrons. The Morgan fingerprint density at radius 1 is 1.26 bits per heavy atom. The summed E-state index contributed by atoms with van der Waals surface area (Å²) >= 11 is 0. The molecule has 1 fully saturated rings. The summed E-state index contributed by atoms with van der Waals surface area (Å²) in [5.74, 6) is 0.965. The molecular weight excluding hydrogens is 236 g/mol. The summed E-state index contributed by atoms with van der Waals surface area (Å²) in [6.45, 7) is 8.48. The minimum atomic E-state index is -0.0912. The molecule has 114 valence electrons. The first-order chi connectivity index (χ1) is 9.13. The van der Waals surface area contributed by atoms with E-state index in [1.807, 2.05) is 7.05 Å². The van der Waals surface area contributed by atoms with Gasteiger partial charge >= 0.3 is 0 Å². The Hall–Kier alpha value is -0.120. The van der Waals surface area contributed by atoms with Crippen LogP contribution in [0.5, 0.6) is 0 Å². The minimum absolute atomic E-state index is 0.0912. The Labute approximate surface area is 119 Å². The summed E-state index contributed by atoms with van der Waals surface area (Å²) in [6.07, 6.45) is 9.07. The number of likely N-dealkylation sites (tertiary alicyclic amines) is 1. The molecular formula is C16H34N2O. The van der Waals surface area contributed by atoms with Crippen LogP contribution in [0.4, 0.5) is 0 Å². The summed E-state index contributed by atoms with van der Waals surface area (Å²) in [5, 5.41) is 12.6. The van der Waals surface area contributed by atoms with E-state index in [0.717, 1.165) is 12.3 Å². The molecule has 0 aliphatic carbocycles. The number of unbranched alkanes of at least 4 members (excludes halogenated alkanes) is 1. The molecule has 3 nitrogen and oxygen atoms in total. The summed E-state index contributed by atoms with van der Waals surface area (Å²) in [7, 11) is 1.94. The minimum Gasteiger partial charge on any atom is -0.394 e. The van der Waals surface area contributed by atoms with Crippen molar-refractivity contribution in [2.45, 2.75) is 64.3 Å². The first-order valence-electron chi connectivity index (χ1n) is 8.15. The van der Waals surface area contributed by atoms with Crippen LogP contribution in [0.2, 0.25) is 0 Å². The van der Waals surface area contributed by atoms with E-state index >= 15 is 0 Å². The van der Waals surface area contributed by atoms with Crippen LogP contribution >= 0.6 is 0 Å². The Balaban J connectivity index is 2.15. The first kappa shape index (κ1) is 16.9. The van der Waals surface area contributed by atoms with Crippen molar-refractivity contribution in [3.05, 3.63) is 0 Å². The molecule has 0 amide bonds. The van der Waals surface area contributed by atoms with Crippen molar-refractivity contribution < 1.29 is 5.11 Å². The lowest BCUT2D eigenvalue weighted by Gasteiger charge is -2.27. The first-order valence-corrected chi connectivity index (χ1v) is 8.15. The maximum atomic E-state index is 9.35. The molecule has 2 N–H and O–H groups in total. The predicted molar refractivity (Wildman–Crippen MR) is 82.5 cm³/mol. The van der Waals surface area contributed by atoms with Gasteiger partial charge in [0.25, 0.3) is 0 Å². The van der Waals surface area contributed by atoms with Crippen molar-refractivity contribution in [1.29, 1.82) is 0 Å². The zero-order valence-corrected chi connectivity index (χ0v) is 13.2. The largest absolute Gasteiger partial charge is 0.394 e. The number of rotatable bonds is 8. The van der Waals surface area contributed by atoms with Crippen LogP contribution in [0.15, 0.2) is 0 Å². The van der Waals surface area contributed by atoms with Crippen molar-refractivity contribution in [2.75, 3.05) is 33.3 Å². The molecule has 2 atom stereocenters. The van der Waals surface area contributed by atoms with Gasteiger partial charge in [-0.3, -0.25) is 0 Å². The lowest BCUT2D eigenvalue weighted by molar-refractivity contribution is 0.168. The van der Waals surface area contributed by atoms with E-state index in [4.69, 9.17) is 0 Å². The number of likely N-dealkylation sites (N-methyl/N-ethyl adjacent to an activating group) is 1. The molecule has 0 aromatic rings. The fourth-order valence-corrected chi connectivity index (χ4v) is 2.99. The number of hydrogen-bond donors (Lipinski definition) is 2. The SMILES string of the molecule is CCC1CCCN(CCCCC(C)(CO)NC)CC1. The molecule has 1 aliphatic rings. The Bertz CT molecular complexity index is 229. The average molecular weight is 270 g/mol. The van der Waals surface area contributed by atoms with Crippen molar-refractivity contribution in [1.82, 2.24) is 10.2 Å². The fraction of sp³-hybridized carbons (Fsp3) is 1.00. The quantitative estimate of drug-likeness (QED) is 0.666. The molecule has 1 saturated heterocycles. The van der Waals surface area contributed by atoms with E-state index < -0.39 is 0 Å². The second kappa shape index (κ2) is 8.93. The molecule has 1 aliphatic heterocycles. The highest BCUT2D eigenvalue weighted by Crippen LogP contribution is 2.20. The van der Waals surface area contributed by atoms with E-state index in [9.17, 15) is 5.11 Å². The number of nitrogens with zero attached hydrogens (tertiary/aromatic N) is 1.